The number of ether oxygens (including phenoxy) is 2. The van der Waals surface area contributed by atoms with E-state index in [4.69, 9.17) is 9.47 Å². The minimum absolute atomic E-state index is 0.0532. The average molecular weight is 381 g/mol. The fourth-order valence-electron chi connectivity index (χ4n) is 4.79. The molecule has 2 aromatic rings. The highest BCUT2D eigenvalue weighted by Gasteiger charge is 2.48. The van der Waals surface area contributed by atoms with Gasteiger partial charge in [0.25, 0.3) is 0 Å². The summed E-state index contributed by atoms with van der Waals surface area (Å²) in [7, 11) is 0. The standard InChI is InChI=1S/C21H23N3O4/c25-20(23-15-3-6-18-19(8-15)28-13-27-18)12-24-16-4-5-17(24)10-21(26,9-16)14-2-1-7-22-11-14/h1-3,6-8,11,16-17,26H,4-5,9-10,12-13H2,(H,23,25)/t16-,17+,21?. The molecule has 2 N–H and O–H groups in total. The number of amides is 1. The lowest BCUT2D eigenvalue weighted by Crippen LogP contribution is -2.51. The number of benzene rings is 1. The van der Waals surface area contributed by atoms with Crippen LogP contribution in [-0.4, -0.2) is 46.3 Å². The van der Waals surface area contributed by atoms with Gasteiger partial charge in [0.1, 0.15) is 0 Å². The highest BCUT2D eigenvalue weighted by atomic mass is 16.7. The van der Waals surface area contributed by atoms with Crippen molar-refractivity contribution in [1.82, 2.24) is 9.88 Å². The van der Waals surface area contributed by atoms with Crippen molar-refractivity contribution in [2.45, 2.75) is 43.4 Å². The van der Waals surface area contributed by atoms with Gasteiger partial charge in [0, 0.05) is 41.8 Å². The van der Waals surface area contributed by atoms with Crippen molar-refractivity contribution in [3.8, 4) is 11.5 Å². The smallest absolute Gasteiger partial charge is 0.238 e. The molecule has 1 aromatic carbocycles. The molecule has 7 nitrogen and oxygen atoms in total. The lowest BCUT2D eigenvalue weighted by molar-refractivity contribution is -0.121. The quantitative estimate of drug-likeness (QED) is 0.845. The van der Waals surface area contributed by atoms with Crippen LogP contribution in [0.1, 0.15) is 31.2 Å². The second-order valence-corrected chi connectivity index (χ2v) is 7.86. The van der Waals surface area contributed by atoms with Crippen LogP contribution in [0.25, 0.3) is 0 Å². The third-order valence-electron chi connectivity index (χ3n) is 6.10. The first-order valence-corrected chi connectivity index (χ1v) is 9.69. The maximum Gasteiger partial charge on any atom is 0.238 e. The summed E-state index contributed by atoms with van der Waals surface area (Å²) in [4.78, 5) is 19.0. The summed E-state index contributed by atoms with van der Waals surface area (Å²) in [5.74, 6) is 1.29. The van der Waals surface area contributed by atoms with E-state index < -0.39 is 5.60 Å². The van der Waals surface area contributed by atoms with E-state index in [1.54, 1.807) is 24.5 Å². The Hall–Kier alpha value is -2.64. The Balaban J connectivity index is 1.25. The Morgan fingerprint density at radius 1 is 1.21 bits per heavy atom. The zero-order valence-corrected chi connectivity index (χ0v) is 15.5. The van der Waals surface area contributed by atoms with Gasteiger partial charge in [0.15, 0.2) is 11.5 Å². The van der Waals surface area contributed by atoms with Gasteiger partial charge < -0.3 is 19.9 Å². The van der Waals surface area contributed by atoms with Crippen molar-refractivity contribution in [2.75, 3.05) is 18.7 Å². The predicted octanol–water partition coefficient (Wildman–Crippen LogP) is 2.26. The minimum atomic E-state index is -0.857. The minimum Gasteiger partial charge on any atom is -0.454 e. The first-order valence-electron chi connectivity index (χ1n) is 9.69. The number of piperidine rings is 1. The number of nitrogens with zero attached hydrogens (tertiary/aromatic N) is 2. The molecule has 1 aromatic heterocycles. The lowest BCUT2D eigenvalue weighted by atomic mass is 9.81. The topological polar surface area (TPSA) is 83.9 Å². The number of carbonyl (C=O) groups excluding carboxylic acids is 1. The van der Waals surface area contributed by atoms with E-state index in [9.17, 15) is 9.90 Å². The third kappa shape index (κ3) is 3.10. The van der Waals surface area contributed by atoms with Crippen LogP contribution >= 0.6 is 0 Å². The Bertz CT molecular complexity index is 874. The summed E-state index contributed by atoms with van der Waals surface area (Å²) in [5.41, 5.74) is 0.714. The van der Waals surface area contributed by atoms with Gasteiger partial charge in [-0.3, -0.25) is 14.7 Å². The number of carbonyl (C=O) groups is 1. The highest BCUT2D eigenvalue weighted by Crippen LogP contribution is 2.45. The van der Waals surface area contributed by atoms with E-state index >= 15 is 0 Å². The summed E-state index contributed by atoms with van der Waals surface area (Å²) in [6.07, 6.45) is 6.74. The second kappa shape index (κ2) is 6.76. The predicted molar refractivity (Wildman–Crippen MR) is 102 cm³/mol. The number of anilines is 1. The zero-order chi connectivity index (χ0) is 19.1. The van der Waals surface area contributed by atoms with Gasteiger partial charge in [-0.25, -0.2) is 0 Å². The van der Waals surface area contributed by atoms with E-state index in [1.807, 2.05) is 18.2 Å². The molecule has 0 radical (unpaired) electrons. The molecule has 0 spiro atoms. The van der Waals surface area contributed by atoms with Gasteiger partial charge in [-0.05, 0) is 43.9 Å². The molecule has 4 heterocycles. The molecule has 0 aliphatic carbocycles. The number of fused-ring (bicyclic) bond motifs is 3. The zero-order valence-electron chi connectivity index (χ0n) is 15.5. The van der Waals surface area contributed by atoms with E-state index in [1.165, 1.54) is 0 Å². The molecule has 1 amide bonds. The normalized spacial score (nSPS) is 28.3. The van der Waals surface area contributed by atoms with Crippen LogP contribution in [0.4, 0.5) is 5.69 Å². The first-order chi connectivity index (χ1) is 13.6. The number of pyridine rings is 1. The van der Waals surface area contributed by atoms with Gasteiger partial charge in [-0.2, -0.15) is 0 Å². The molecule has 146 valence electrons. The summed E-state index contributed by atoms with van der Waals surface area (Å²) in [5, 5.41) is 14.2. The number of nitrogens with one attached hydrogen (secondary N) is 1. The van der Waals surface area contributed by atoms with E-state index in [0.717, 1.165) is 18.4 Å². The second-order valence-electron chi connectivity index (χ2n) is 7.86. The van der Waals surface area contributed by atoms with Crippen LogP contribution in [0.15, 0.2) is 42.7 Å². The van der Waals surface area contributed by atoms with Gasteiger partial charge in [-0.1, -0.05) is 6.07 Å². The van der Waals surface area contributed by atoms with Crippen molar-refractivity contribution in [2.24, 2.45) is 0 Å². The number of hydrogen-bond donors (Lipinski definition) is 2. The Labute approximate surface area is 163 Å². The monoisotopic (exact) mass is 381 g/mol. The van der Waals surface area contributed by atoms with Crippen LogP contribution < -0.4 is 14.8 Å². The fraction of sp³-hybridized carbons (Fsp3) is 0.429. The average Bonchev–Trinajstić information content (AvgIpc) is 3.25. The van der Waals surface area contributed by atoms with Crippen molar-refractivity contribution in [1.29, 1.82) is 0 Å². The SMILES string of the molecule is O=C(CN1[C@@H]2CC[C@H]1CC(O)(c1cccnc1)C2)Nc1ccc2c(c1)OCO2. The molecule has 2 bridgehead atoms. The molecule has 3 atom stereocenters. The Kier molecular flexibility index (Phi) is 4.21. The third-order valence-corrected chi connectivity index (χ3v) is 6.10. The molecular formula is C21H23N3O4. The van der Waals surface area contributed by atoms with Gasteiger partial charge in [0.2, 0.25) is 12.7 Å². The van der Waals surface area contributed by atoms with Crippen molar-refractivity contribution in [3.05, 3.63) is 48.3 Å². The molecule has 3 aliphatic heterocycles. The molecule has 3 aliphatic rings. The maximum atomic E-state index is 12.6. The molecule has 0 saturated carbocycles. The molecule has 7 heteroatoms. The molecule has 5 rings (SSSR count). The van der Waals surface area contributed by atoms with Gasteiger partial charge in [0.05, 0.1) is 12.1 Å². The summed E-state index contributed by atoms with van der Waals surface area (Å²) in [6.45, 7) is 0.538. The van der Waals surface area contributed by atoms with Crippen LogP contribution in [0.3, 0.4) is 0 Å². The van der Waals surface area contributed by atoms with Crippen LogP contribution in [0.5, 0.6) is 11.5 Å². The van der Waals surface area contributed by atoms with Gasteiger partial charge in [-0.15, -0.1) is 0 Å². The van der Waals surface area contributed by atoms with Crippen molar-refractivity contribution < 1.29 is 19.4 Å². The van der Waals surface area contributed by atoms with Crippen molar-refractivity contribution >= 4 is 11.6 Å². The van der Waals surface area contributed by atoms with Crippen LogP contribution in [0.2, 0.25) is 0 Å². The number of hydrogen-bond acceptors (Lipinski definition) is 6. The number of aromatic nitrogens is 1. The summed E-state index contributed by atoms with van der Waals surface area (Å²) in [6, 6.07) is 9.60. The molecule has 1 unspecified atom stereocenters. The number of rotatable bonds is 4. The van der Waals surface area contributed by atoms with Crippen molar-refractivity contribution in [3.63, 3.8) is 0 Å². The summed E-state index contributed by atoms with van der Waals surface area (Å²) >= 11 is 0. The molecule has 28 heavy (non-hydrogen) atoms. The largest absolute Gasteiger partial charge is 0.454 e. The van der Waals surface area contributed by atoms with Crippen LogP contribution in [-0.2, 0) is 10.4 Å². The summed E-state index contributed by atoms with van der Waals surface area (Å²) < 4.78 is 10.7. The fourth-order valence-corrected chi connectivity index (χ4v) is 4.79. The number of aliphatic hydroxyl groups is 1. The molecule has 2 fully saturated rings. The molecule has 2 saturated heterocycles. The Morgan fingerprint density at radius 2 is 2.00 bits per heavy atom. The lowest BCUT2D eigenvalue weighted by Gasteiger charge is -2.43. The van der Waals surface area contributed by atoms with Crippen LogP contribution in [0, 0.1) is 0 Å². The van der Waals surface area contributed by atoms with E-state index in [0.29, 0.717) is 36.6 Å². The molecular weight excluding hydrogens is 358 g/mol. The van der Waals surface area contributed by atoms with E-state index in [-0.39, 0.29) is 24.8 Å². The maximum absolute atomic E-state index is 12.6. The highest BCUT2D eigenvalue weighted by molar-refractivity contribution is 5.92. The van der Waals surface area contributed by atoms with Gasteiger partial charge >= 0.3 is 0 Å². The Morgan fingerprint density at radius 3 is 2.75 bits per heavy atom. The van der Waals surface area contributed by atoms with E-state index in [2.05, 4.69) is 15.2 Å². The first kappa shape index (κ1) is 17.5.